The van der Waals surface area contributed by atoms with Gasteiger partial charge in [0, 0.05) is 18.4 Å². The van der Waals surface area contributed by atoms with E-state index in [-0.39, 0.29) is 29.4 Å². The number of para-hydroxylation sites is 1. The minimum Gasteiger partial charge on any atom is -0.350 e. The van der Waals surface area contributed by atoms with Crippen molar-refractivity contribution in [1.82, 2.24) is 15.3 Å². The minimum atomic E-state index is -0.389. The number of nitrogens with zero attached hydrogens (tertiary/aromatic N) is 2. The molecule has 0 radical (unpaired) electrons. The van der Waals surface area contributed by atoms with Gasteiger partial charge in [-0.25, -0.2) is 14.4 Å². The van der Waals surface area contributed by atoms with Crippen LogP contribution in [0.3, 0.4) is 0 Å². The molecule has 0 bridgehead atoms. The van der Waals surface area contributed by atoms with Crippen LogP contribution >= 0.6 is 0 Å². The zero-order chi connectivity index (χ0) is 15.2. The number of rotatable bonds is 5. The van der Waals surface area contributed by atoms with E-state index in [9.17, 15) is 9.18 Å². The van der Waals surface area contributed by atoms with Crippen molar-refractivity contribution in [3.8, 4) is 0 Å². The Labute approximate surface area is 122 Å². The molecule has 1 amide bonds. The van der Waals surface area contributed by atoms with Crippen LogP contribution in [0.25, 0.3) is 0 Å². The van der Waals surface area contributed by atoms with Crippen LogP contribution in [0, 0.1) is 5.82 Å². The molecule has 1 unspecified atom stereocenters. The third-order valence-electron chi connectivity index (χ3n) is 3.02. The quantitative estimate of drug-likeness (QED) is 0.887. The predicted octanol–water partition coefficient (Wildman–Crippen LogP) is 2.89. The Morgan fingerprint density at radius 2 is 1.95 bits per heavy atom. The molecule has 2 aromatic rings. The monoisotopic (exact) mass is 288 g/mol. The summed E-state index contributed by atoms with van der Waals surface area (Å²) in [6.45, 7) is 3.91. The molecule has 6 heteroatoms. The molecular formula is C15H17FN4O. The SMILES string of the molecule is CCC(C)NC(=O)c1cnc(Nc2ccccc2F)nc1. The molecule has 1 aromatic carbocycles. The van der Waals surface area contributed by atoms with Gasteiger partial charge in [0.15, 0.2) is 0 Å². The van der Waals surface area contributed by atoms with E-state index in [4.69, 9.17) is 0 Å². The van der Waals surface area contributed by atoms with Crippen LogP contribution in [0.2, 0.25) is 0 Å². The summed E-state index contributed by atoms with van der Waals surface area (Å²) in [5, 5.41) is 5.59. The Morgan fingerprint density at radius 3 is 2.57 bits per heavy atom. The number of aromatic nitrogens is 2. The Kier molecular flexibility index (Phi) is 4.81. The molecule has 0 saturated heterocycles. The number of anilines is 2. The number of carbonyl (C=O) groups excluding carboxylic acids is 1. The maximum atomic E-state index is 13.5. The second-order valence-corrected chi connectivity index (χ2v) is 4.68. The van der Waals surface area contributed by atoms with Crippen LogP contribution in [0.4, 0.5) is 16.0 Å². The second kappa shape index (κ2) is 6.78. The van der Waals surface area contributed by atoms with E-state index in [1.165, 1.54) is 18.5 Å². The van der Waals surface area contributed by atoms with Gasteiger partial charge >= 0.3 is 0 Å². The molecule has 2 N–H and O–H groups in total. The summed E-state index contributed by atoms with van der Waals surface area (Å²) in [5.41, 5.74) is 0.656. The number of hydrogen-bond donors (Lipinski definition) is 2. The van der Waals surface area contributed by atoms with Gasteiger partial charge in [0.1, 0.15) is 5.82 Å². The fourth-order valence-electron chi connectivity index (χ4n) is 1.60. The smallest absolute Gasteiger partial charge is 0.254 e. The summed E-state index contributed by atoms with van der Waals surface area (Å²) < 4.78 is 13.5. The lowest BCUT2D eigenvalue weighted by Gasteiger charge is -2.11. The van der Waals surface area contributed by atoms with Crippen LogP contribution in [-0.4, -0.2) is 21.9 Å². The first-order chi connectivity index (χ1) is 10.1. The van der Waals surface area contributed by atoms with E-state index >= 15 is 0 Å². The van der Waals surface area contributed by atoms with Gasteiger partial charge in [0.2, 0.25) is 5.95 Å². The molecule has 1 atom stereocenters. The summed E-state index contributed by atoms with van der Waals surface area (Å²) in [7, 11) is 0. The largest absolute Gasteiger partial charge is 0.350 e. The molecule has 2 rings (SSSR count). The molecule has 0 spiro atoms. The molecule has 21 heavy (non-hydrogen) atoms. The van der Waals surface area contributed by atoms with Gasteiger partial charge in [-0.05, 0) is 25.5 Å². The highest BCUT2D eigenvalue weighted by Gasteiger charge is 2.10. The number of halogens is 1. The fraction of sp³-hybridized carbons (Fsp3) is 0.267. The first-order valence-electron chi connectivity index (χ1n) is 6.74. The Hall–Kier alpha value is -2.50. The van der Waals surface area contributed by atoms with Crippen molar-refractivity contribution in [3.05, 3.63) is 48.0 Å². The average Bonchev–Trinajstić information content (AvgIpc) is 2.50. The summed E-state index contributed by atoms with van der Waals surface area (Å²) in [6, 6.07) is 6.33. The topological polar surface area (TPSA) is 66.9 Å². The van der Waals surface area contributed by atoms with Gasteiger partial charge < -0.3 is 10.6 Å². The zero-order valence-corrected chi connectivity index (χ0v) is 11.9. The van der Waals surface area contributed by atoms with Crippen LogP contribution in [-0.2, 0) is 0 Å². The van der Waals surface area contributed by atoms with Crippen molar-refractivity contribution >= 4 is 17.5 Å². The molecule has 110 valence electrons. The maximum absolute atomic E-state index is 13.5. The number of amides is 1. The van der Waals surface area contributed by atoms with Crippen molar-refractivity contribution in [2.75, 3.05) is 5.32 Å². The molecule has 0 fully saturated rings. The summed E-state index contributed by atoms with van der Waals surface area (Å²) in [4.78, 5) is 19.9. The molecule has 1 heterocycles. The second-order valence-electron chi connectivity index (χ2n) is 4.68. The van der Waals surface area contributed by atoms with Gasteiger partial charge in [0.05, 0.1) is 11.3 Å². The first-order valence-corrected chi connectivity index (χ1v) is 6.74. The summed E-state index contributed by atoms with van der Waals surface area (Å²) in [6.07, 6.45) is 3.67. The third-order valence-corrected chi connectivity index (χ3v) is 3.02. The molecule has 0 aliphatic carbocycles. The van der Waals surface area contributed by atoms with E-state index < -0.39 is 0 Å². The minimum absolute atomic E-state index is 0.0914. The molecule has 1 aromatic heterocycles. The lowest BCUT2D eigenvalue weighted by atomic mass is 10.2. The normalized spacial score (nSPS) is 11.8. The Balaban J connectivity index is 2.05. The number of benzene rings is 1. The van der Waals surface area contributed by atoms with Crippen molar-refractivity contribution in [2.45, 2.75) is 26.3 Å². The van der Waals surface area contributed by atoms with Crippen molar-refractivity contribution < 1.29 is 9.18 Å². The van der Waals surface area contributed by atoms with E-state index in [1.807, 2.05) is 13.8 Å². The van der Waals surface area contributed by atoms with Crippen LogP contribution in [0.5, 0.6) is 0 Å². The highest BCUT2D eigenvalue weighted by molar-refractivity contribution is 5.93. The zero-order valence-electron chi connectivity index (χ0n) is 11.9. The number of carbonyl (C=O) groups is 1. The standard InChI is InChI=1S/C15H17FN4O/c1-3-10(2)19-14(21)11-8-17-15(18-9-11)20-13-7-5-4-6-12(13)16/h4-10H,3H2,1-2H3,(H,19,21)(H,17,18,20). The van der Waals surface area contributed by atoms with Gasteiger partial charge in [-0.3, -0.25) is 4.79 Å². The van der Waals surface area contributed by atoms with E-state index in [0.717, 1.165) is 6.42 Å². The van der Waals surface area contributed by atoms with Crippen molar-refractivity contribution in [2.24, 2.45) is 0 Å². The van der Waals surface area contributed by atoms with Gasteiger partial charge in [-0.1, -0.05) is 19.1 Å². The van der Waals surface area contributed by atoms with E-state index in [0.29, 0.717) is 5.56 Å². The predicted molar refractivity (Wildman–Crippen MR) is 78.9 cm³/mol. The fourth-order valence-corrected chi connectivity index (χ4v) is 1.60. The molecule has 0 aliphatic heterocycles. The van der Waals surface area contributed by atoms with Gasteiger partial charge in [0.25, 0.3) is 5.91 Å². The van der Waals surface area contributed by atoms with Crippen LogP contribution in [0.1, 0.15) is 30.6 Å². The van der Waals surface area contributed by atoms with Crippen LogP contribution in [0.15, 0.2) is 36.7 Å². The first kappa shape index (κ1) is 14.9. The molecule has 5 nitrogen and oxygen atoms in total. The highest BCUT2D eigenvalue weighted by atomic mass is 19.1. The van der Waals surface area contributed by atoms with Crippen molar-refractivity contribution in [3.63, 3.8) is 0 Å². The van der Waals surface area contributed by atoms with Crippen LogP contribution < -0.4 is 10.6 Å². The molecule has 0 aliphatic rings. The average molecular weight is 288 g/mol. The Bertz CT molecular complexity index is 615. The summed E-state index contributed by atoms with van der Waals surface area (Å²) >= 11 is 0. The molecule has 0 saturated carbocycles. The van der Waals surface area contributed by atoms with E-state index in [2.05, 4.69) is 20.6 Å². The number of hydrogen-bond acceptors (Lipinski definition) is 4. The summed E-state index contributed by atoms with van der Waals surface area (Å²) in [5.74, 6) is -0.373. The lowest BCUT2D eigenvalue weighted by Crippen LogP contribution is -2.32. The van der Waals surface area contributed by atoms with Crippen molar-refractivity contribution in [1.29, 1.82) is 0 Å². The highest BCUT2D eigenvalue weighted by Crippen LogP contribution is 2.16. The Morgan fingerprint density at radius 1 is 1.29 bits per heavy atom. The number of nitrogens with one attached hydrogen (secondary N) is 2. The van der Waals surface area contributed by atoms with Gasteiger partial charge in [-0.15, -0.1) is 0 Å². The lowest BCUT2D eigenvalue weighted by molar-refractivity contribution is 0.0938. The third kappa shape index (κ3) is 3.98. The molecular weight excluding hydrogens is 271 g/mol. The van der Waals surface area contributed by atoms with E-state index in [1.54, 1.807) is 18.2 Å². The maximum Gasteiger partial charge on any atom is 0.254 e. The van der Waals surface area contributed by atoms with Gasteiger partial charge in [-0.2, -0.15) is 0 Å².